The molecule has 0 aromatic heterocycles. The lowest BCUT2D eigenvalue weighted by atomic mass is 10.1. The van der Waals surface area contributed by atoms with Gasteiger partial charge in [0.25, 0.3) is 5.91 Å². The molecule has 1 aromatic carbocycles. The minimum Gasteiger partial charge on any atom is -0.484 e. The van der Waals surface area contributed by atoms with Crippen LogP contribution in [0, 0.1) is 15.9 Å². The molecule has 7 nitrogen and oxygen atoms in total. The van der Waals surface area contributed by atoms with Crippen molar-refractivity contribution in [3.63, 3.8) is 0 Å². The Morgan fingerprint density at radius 2 is 2.32 bits per heavy atom. The van der Waals surface area contributed by atoms with Crippen molar-refractivity contribution in [2.75, 3.05) is 19.7 Å². The summed E-state index contributed by atoms with van der Waals surface area (Å²) in [6.07, 6.45) is 1.91. The number of rotatable bonds is 5. The number of hydrogen-bond donors (Lipinski definition) is 2. The molecule has 122 valence electrons. The number of nitrogens with zero attached hydrogens (tertiary/aromatic N) is 1. The number of carbonyl (C=O) groups is 1. The molecule has 0 saturated carbocycles. The smallest absolute Gasteiger partial charge is 0.305 e. The zero-order valence-electron chi connectivity index (χ0n) is 11.7. The average molecular weight is 334 g/mol. The molecule has 0 spiro atoms. The molecular formula is C13H17ClFN3O4. The summed E-state index contributed by atoms with van der Waals surface area (Å²) < 4.78 is 18.5. The van der Waals surface area contributed by atoms with Crippen molar-refractivity contribution >= 4 is 24.0 Å². The Labute approximate surface area is 132 Å². The first-order chi connectivity index (χ1) is 10.1. The molecule has 1 heterocycles. The largest absolute Gasteiger partial charge is 0.484 e. The zero-order chi connectivity index (χ0) is 15.2. The van der Waals surface area contributed by atoms with E-state index in [0.29, 0.717) is 0 Å². The van der Waals surface area contributed by atoms with E-state index >= 15 is 0 Å². The number of ether oxygens (including phenoxy) is 1. The first-order valence-electron chi connectivity index (χ1n) is 6.63. The second-order valence-corrected chi connectivity index (χ2v) is 4.77. The normalized spacial score (nSPS) is 17.2. The standard InChI is InChI=1S/C13H16FN3O4.ClH/c14-11-6-10(3-4-12(11)17(19)20)21-8-13(18)16-9-2-1-5-15-7-9;/h3-4,6,9,15H,1-2,5,7-8H2,(H,16,18);1H. The quantitative estimate of drug-likeness (QED) is 0.627. The molecule has 2 N–H and O–H groups in total. The van der Waals surface area contributed by atoms with Gasteiger partial charge in [-0.2, -0.15) is 4.39 Å². The number of nitro benzene ring substituents is 1. The van der Waals surface area contributed by atoms with Gasteiger partial charge in [-0.25, -0.2) is 0 Å². The van der Waals surface area contributed by atoms with Crippen molar-refractivity contribution in [3.05, 3.63) is 34.1 Å². The van der Waals surface area contributed by atoms with Gasteiger partial charge in [0.1, 0.15) is 5.75 Å². The summed E-state index contributed by atoms with van der Waals surface area (Å²) in [4.78, 5) is 21.3. The summed E-state index contributed by atoms with van der Waals surface area (Å²) in [5, 5.41) is 16.4. The highest BCUT2D eigenvalue weighted by Crippen LogP contribution is 2.22. The van der Waals surface area contributed by atoms with Gasteiger partial charge in [0.05, 0.1) is 4.92 Å². The maximum atomic E-state index is 13.4. The zero-order valence-corrected chi connectivity index (χ0v) is 12.5. The lowest BCUT2D eigenvalue weighted by Crippen LogP contribution is -2.46. The van der Waals surface area contributed by atoms with Crippen LogP contribution in [-0.2, 0) is 4.79 Å². The van der Waals surface area contributed by atoms with Crippen LogP contribution in [-0.4, -0.2) is 36.6 Å². The van der Waals surface area contributed by atoms with E-state index in [1.165, 1.54) is 6.07 Å². The minimum atomic E-state index is -0.991. The van der Waals surface area contributed by atoms with Crippen LogP contribution < -0.4 is 15.4 Å². The van der Waals surface area contributed by atoms with Crippen molar-refractivity contribution in [1.82, 2.24) is 10.6 Å². The van der Waals surface area contributed by atoms with Gasteiger partial charge < -0.3 is 15.4 Å². The second kappa shape index (κ2) is 8.50. The van der Waals surface area contributed by atoms with Crippen LogP contribution in [0.15, 0.2) is 18.2 Å². The van der Waals surface area contributed by atoms with E-state index in [1.807, 2.05) is 0 Å². The van der Waals surface area contributed by atoms with E-state index in [4.69, 9.17) is 4.74 Å². The van der Waals surface area contributed by atoms with Crippen LogP contribution >= 0.6 is 12.4 Å². The van der Waals surface area contributed by atoms with Crippen LogP contribution in [0.3, 0.4) is 0 Å². The van der Waals surface area contributed by atoms with Crippen LogP contribution in [0.1, 0.15) is 12.8 Å². The first kappa shape index (κ1) is 18.1. The molecule has 9 heteroatoms. The highest BCUT2D eigenvalue weighted by atomic mass is 35.5. The van der Waals surface area contributed by atoms with E-state index in [-0.39, 0.29) is 36.7 Å². The number of piperidine rings is 1. The summed E-state index contributed by atoms with van der Waals surface area (Å²) in [7, 11) is 0. The number of benzene rings is 1. The van der Waals surface area contributed by atoms with Gasteiger partial charge in [0.2, 0.25) is 5.82 Å². The van der Waals surface area contributed by atoms with E-state index in [9.17, 15) is 19.3 Å². The lowest BCUT2D eigenvalue weighted by Gasteiger charge is -2.23. The van der Waals surface area contributed by atoms with E-state index < -0.39 is 16.4 Å². The Bertz CT molecular complexity index is 538. The molecule has 22 heavy (non-hydrogen) atoms. The predicted octanol–water partition coefficient (Wildman–Crippen LogP) is 1.40. The molecule has 1 atom stereocenters. The number of nitro groups is 1. The van der Waals surface area contributed by atoms with Crippen molar-refractivity contribution in [2.24, 2.45) is 0 Å². The number of amides is 1. The Hall–Kier alpha value is -1.93. The molecule has 2 rings (SSSR count). The molecule has 1 aromatic rings. The molecule has 1 amide bonds. The lowest BCUT2D eigenvalue weighted by molar-refractivity contribution is -0.387. The van der Waals surface area contributed by atoms with E-state index in [2.05, 4.69) is 10.6 Å². The van der Waals surface area contributed by atoms with Crippen molar-refractivity contribution in [3.8, 4) is 5.75 Å². The SMILES string of the molecule is Cl.O=C(COc1ccc([N+](=O)[O-])c(F)c1)NC1CCCNC1. The van der Waals surface area contributed by atoms with Crippen molar-refractivity contribution in [1.29, 1.82) is 0 Å². The average Bonchev–Trinajstić information content (AvgIpc) is 2.46. The molecule has 1 fully saturated rings. The topological polar surface area (TPSA) is 93.5 Å². The fourth-order valence-electron chi connectivity index (χ4n) is 2.12. The van der Waals surface area contributed by atoms with Crippen LogP contribution in [0.2, 0.25) is 0 Å². The first-order valence-corrected chi connectivity index (χ1v) is 6.63. The molecule has 1 aliphatic heterocycles. The van der Waals surface area contributed by atoms with Crippen LogP contribution in [0.5, 0.6) is 5.75 Å². The summed E-state index contributed by atoms with van der Waals surface area (Å²) in [5.74, 6) is -1.22. The highest BCUT2D eigenvalue weighted by Gasteiger charge is 2.17. The summed E-state index contributed by atoms with van der Waals surface area (Å²) in [6, 6.07) is 3.24. The third-order valence-electron chi connectivity index (χ3n) is 3.15. The van der Waals surface area contributed by atoms with Crippen molar-refractivity contribution < 1.29 is 18.8 Å². The number of hydrogen-bond acceptors (Lipinski definition) is 5. The Balaban J connectivity index is 0.00000242. The van der Waals surface area contributed by atoms with Gasteiger partial charge in [0, 0.05) is 24.7 Å². The van der Waals surface area contributed by atoms with Gasteiger partial charge in [0.15, 0.2) is 6.61 Å². The molecule has 0 aliphatic carbocycles. The highest BCUT2D eigenvalue weighted by molar-refractivity contribution is 5.85. The molecule has 0 bridgehead atoms. The second-order valence-electron chi connectivity index (χ2n) is 4.77. The predicted molar refractivity (Wildman–Crippen MR) is 79.8 cm³/mol. The Morgan fingerprint density at radius 3 is 2.91 bits per heavy atom. The van der Waals surface area contributed by atoms with Gasteiger partial charge >= 0.3 is 5.69 Å². The number of nitrogens with one attached hydrogen (secondary N) is 2. The molecule has 1 saturated heterocycles. The monoisotopic (exact) mass is 333 g/mol. The third-order valence-corrected chi connectivity index (χ3v) is 3.15. The minimum absolute atomic E-state index is 0. The van der Waals surface area contributed by atoms with E-state index in [1.54, 1.807) is 0 Å². The van der Waals surface area contributed by atoms with Gasteiger partial charge in [-0.05, 0) is 25.5 Å². The Morgan fingerprint density at radius 1 is 1.55 bits per heavy atom. The molecule has 0 radical (unpaired) electrons. The maximum Gasteiger partial charge on any atom is 0.305 e. The van der Waals surface area contributed by atoms with Gasteiger partial charge in [-0.15, -0.1) is 12.4 Å². The fourth-order valence-corrected chi connectivity index (χ4v) is 2.12. The van der Waals surface area contributed by atoms with Gasteiger partial charge in [-0.3, -0.25) is 14.9 Å². The van der Waals surface area contributed by atoms with Crippen LogP contribution in [0.25, 0.3) is 0 Å². The molecule has 1 unspecified atom stereocenters. The van der Waals surface area contributed by atoms with Gasteiger partial charge in [-0.1, -0.05) is 0 Å². The maximum absolute atomic E-state index is 13.4. The summed E-state index contributed by atoms with van der Waals surface area (Å²) in [5.41, 5.74) is -0.625. The number of carbonyl (C=O) groups excluding carboxylic acids is 1. The third kappa shape index (κ3) is 5.12. The van der Waals surface area contributed by atoms with Crippen molar-refractivity contribution in [2.45, 2.75) is 18.9 Å². The van der Waals surface area contributed by atoms with Crippen LogP contribution in [0.4, 0.5) is 10.1 Å². The molecular weight excluding hydrogens is 317 g/mol. The fraction of sp³-hybridized carbons (Fsp3) is 0.462. The Kier molecular flexibility index (Phi) is 7.00. The molecule has 1 aliphatic rings. The van der Waals surface area contributed by atoms with E-state index in [0.717, 1.165) is 38.1 Å². The summed E-state index contributed by atoms with van der Waals surface area (Å²) in [6.45, 7) is 1.41. The number of halogens is 2. The summed E-state index contributed by atoms with van der Waals surface area (Å²) >= 11 is 0.